The molecular formula is C23H27N3O3. The molecule has 0 radical (unpaired) electrons. The van der Waals surface area contributed by atoms with Crippen molar-refractivity contribution in [2.24, 2.45) is 0 Å². The molecule has 0 N–H and O–H groups in total. The second-order valence-corrected chi connectivity index (χ2v) is 7.43. The molecule has 1 atom stereocenters. The summed E-state index contributed by atoms with van der Waals surface area (Å²) >= 11 is 0. The standard InChI is InChI=1S/C23H27N3O3/c1-2-20-23(28)26(19-10-6-7-11-21(19)29-20)13-12-22(27)25-16-14-24(15-17-25)18-8-4-3-5-9-18/h3-11,20H,2,12-17H2,1H3. The Morgan fingerprint density at radius 2 is 1.69 bits per heavy atom. The average Bonchev–Trinajstić information content (AvgIpc) is 2.78. The van der Waals surface area contributed by atoms with E-state index in [1.54, 1.807) is 4.90 Å². The summed E-state index contributed by atoms with van der Waals surface area (Å²) in [7, 11) is 0. The largest absolute Gasteiger partial charge is 0.478 e. The van der Waals surface area contributed by atoms with Crippen LogP contribution in [0.15, 0.2) is 54.6 Å². The monoisotopic (exact) mass is 393 g/mol. The molecule has 4 rings (SSSR count). The Hall–Kier alpha value is -3.02. The molecule has 2 heterocycles. The Balaban J connectivity index is 1.35. The van der Waals surface area contributed by atoms with Gasteiger partial charge in [0.05, 0.1) is 5.69 Å². The molecule has 6 heteroatoms. The molecular weight excluding hydrogens is 366 g/mol. The third kappa shape index (κ3) is 4.06. The first kappa shape index (κ1) is 19.3. The fourth-order valence-electron chi connectivity index (χ4n) is 3.98. The Bertz CT molecular complexity index is 863. The number of ether oxygens (including phenoxy) is 1. The molecule has 2 aromatic rings. The maximum absolute atomic E-state index is 12.8. The number of benzene rings is 2. The van der Waals surface area contributed by atoms with Crippen LogP contribution in [-0.4, -0.2) is 55.5 Å². The average molecular weight is 393 g/mol. The van der Waals surface area contributed by atoms with Crippen LogP contribution in [0.2, 0.25) is 0 Å². The number of rotatable bonds is 5. The van der Waals surface area contributed by atoms with E-state index in [1.807, 2.05) is 54.3 Å². The van der Waals surface area contributed by atoms with E-state index in [9.17, 15) is 9.59 Å². The lowest BCUT2D eigenvalue weighted by molar-refractivity contribution is -0.131. The Morgan fingerprint density at radius 1 is 1.00 bits per heavy atom. The van der Waals surface area contributed by atoms with Gasteiger partial charge in [-0.25, -0.2) is 0 Å². The van der Waals surface area contributed by atoms with E-state index in [2.05, 4.69) is 17.0 Å². The molecule has 1 fully saturated rings. The van der Waals surface area contributed by atoms with Crippen molar-refractivity contribution < 1.29 is 14.3 Å². The van der Waals surface area contributed by atoms with Gasteiger partial charge < -0.3 is 19.4 Å². The van der Waals surface area contributed by atoms with Crippen molar-refractivity contribution in [3.05, 3.63) is 54.6 Å². The minimum atomic E-state index is -0.477. The summed E-state index contributed by atoms with van der Waals surface area (Å²) in [6.07, 6.45) is 0.454. The van der Waals surface area contributed by atoms with Gasteiger partial charge in [-0.2, -0.15) is 0 Å². The summed E-state index contributed by atoms with van der Waals surface area (Å²) in [4.78, 5) is 31.5. The van der Waals surface area contributed by atoms with Gasteiger partial charge in [-0.15, -0.1) is 0 Å². The van der Waals surface area contributed by atoms with E-state index in [1.165, 1.54) is 5.69 Å². The Kier molecular flexibility index (Phi) is 5.69. The lowest BCUT2D eigenvalue weighted by Gasteiger charge is -2.37. The number of hydrogen-bond acceptors (Lipinski definition) is 4. The van der Waals surface area contributed by atoms with E-state index < -0.39 is 6.10 Å². The normalized spacial score (nSPS) is 19.0. The maximum Gasteiger partial charge on any atom is 0.268 e. The number of amides is 2. The molecule has 0 saturated carbocycles. The maximum atomic E-state index is 12.8. The number of fused-ring (bicyclic) bond motifs is 1. The molecule has 29 heavy (non-hydrogen) atoms. The number of hydrogen-bond donors (Lipinski definition) is 0. The predicted octanol–water partition coefficient (Wildman–Crippen LogP) is 2.93. The molecule has 0 aromatic heterocycles. The topological polar surface area (TPSA) is 53.1 Å². The number of carbonyl (C=O) groups excluding carboxylic acids is 2. The fourth-order valence-corrected chi connectivity index (χ4v) is 3.98. The first-order valence-corrected chi connectivity index (χ1v) is 10.3. The van der Waals surface area contributed by atoms with E-state index in [-0.39, 0.29) is 11.8 Å². The van der Waals surface area contributed by atoms with Gasteiger partial charge in [0.2, 0.25) is 5.91 Å². The second-order valence-electron chi connectivity index (χ2n) is 7.43. The van der Waals surface area contributed by atoms with Crippen LogP contribution in [0.5, 0.6) is 5.75 Å². The van der Waals surface area contributed by atoms with Crippen molar-refractivity contribution in [3.8, 4) is 5.75 Å². The van der Waals surface area contributed by atoms with Crippen LogP contribution in [0.3, 0.4) is 0 Å². The minimum Gasteiger partial charge on any atom is -0.478 e. The summed E-state index contributed by atoms with van der Waals surface area (Å²) in [5.74, 6) is 0.748. The molecule has 2 aromatic carbocycles. The van der Waals surface area contributed by atoms with Gasteiger partial charge in [0.15, 0.2) is 6.10 Å². The highest BCUT2D eigenvalue weighted by atomic mass is 16.5. The van der Waals surface area contributed by atoms with Crippen LogP contribution < -0.4 is 14.5 Å². The third-order valence-electron chi connectivity index (χ3n) is 5.64. The van der Waals surface area contributed by atoms with Crippen molar-refractivity contribution in [3.63, 3.8) is 0 Å². The van der Waals surface area contributed by atoms with Gasteiger partial charge in [-0.3, -0.25) is 9.59 Å². The third-order valence-corrected chi connectivity index (χ3v) is 5.64. The minimum absolute atomic E-state index is 0.0621. The van der Waals surface area contributed by atoms with E-state index >= 15 is 0 Å². The number of carbonyl (C=O) groups is 2. The number of nitrogens with zero attached hydrogens (tertiary/aromatic N) is 3. The molecule has 1 unspecified atom stereocenters. The molecule has 2 aliphatic rings. The molecule has 152 valence electrons. The Morgan fingerprint density at radius 3 is 2.41 bits per heavy atom. The molecule has 0 aliphatic carbocycles. The van der Waals surface area contributed by atoms with Gasteiger partial charge in [0.1, 0.15) is 5.75 Å². The van der Waals surface area contributed by atoms with Crippen LogP contribution in [0, 0.1) is 0 Å². The summed E-state index contributed by atoms with van der Waals surface area (Å²) in [6.45, 7) is 5.39. The van der Waals surface area contributed by atoms with Gasteiger partial charge in [0.25, 0.3) is 5.91 Å². The van der Waals surface area contributed by atoms with E-state index in [4.69, 9.17) is 4.74 Å². The summed E-state index contributed by atoms with van der Waals surface area (Å²) < 4.78 is 5.81. The van der Waals surface area contributed by atoms with Gasteiger partial charge in [0, 0.05) is 44.8 Å². The van der Waals surface area contributed by atoms with Crippen molar-refractivity contribution in [2.45, 2.75) is 25.9 Å². The highest BCUT2D eigenvalue weighted by molar-refractivity contribution is 6.00. The zero-order valence-corrected chi connectivity index (χ0v) is 16.8. The molecule has 2 aliphatic heterocycles. The lowest BCUT2D eigenvalue weighted by Crippen LogP contribution is -2.50. The summed E-state index contributed by atoms with van der Waals surface area (Å²) in [5, 5.41) is 0. The zero-order valence-electron chi connectivity index (χ0n) is 16.8. The molecule has 2 amide bonds. The first-order valence-electron chi connectivity index (χ1n) is 10.3. The molecule has 0 bridgehead atoms. The van der Waals surface area contributed by atoms with Crippen LogP contribution in [0.1, 0.15) is 19.8 Å². The van der Waals surface area contributed by atoms with E-state index in [0.717, 1.165) is 18.8 Å². The lowest BCUT2D eigenvalue weighted by atomic mass is 10.1. The summed E-state index contributed by atoms with van der Waals surface area (Å²) in [5.41, 5.74) is 1.95. The first-order chi connectivity index (χ1) is 14.2. The molecule has 0 spiro atoms. The number of para-hydroxylation sites is 3. The Labute approximate surface area is 171 Å². The van der Waals surface area contributed by atoms with Crippen LogP contribution in [-0.2, 0) is 9.59 Å². The van der Waals surface area contributed by atoms with Crippen molar-refractivity contribution in [1.82, 2.24) is 4.90 Å². The van der Waals surface area contributed by atoms with E-state index in [0.29, 0.717) is 38.2 Å². The zero-order chi connectivity index (χ0) is 20.2. The quantitative estimate of drug-likeness (QED) is 0.784. The SMILES string of the molecule is CCC1Oc2ccccc2N(CCC(=O)N2CCN(c3ccccc3)CC2)C1=O. The molecule has 6 nitrogen and oxygen atoms in total. The van der Waals surface area contributed by atoms with Gasteiger partial charge in [-0.1, -0.05) is 37.3 Å². The van der Waals surface area contributed by atoms with Crippen molar-refractivity contribution in [1.29, 1.82) is 0 Å². The number of anilines is 2. The number of piperazine rings is 1. The summed E-state index contributed by atoms with van der Waals surface area (Å²) in [6, 6.07) is 17.8. The fraction of sp³-hybridized carbons (Fsp3) is 0.391. The second kappa shape index (κ2) is 8.55. The highest BCUT2D eigenvalue weighted by Crippen LogP contribution is 2.34. The predicted molar refractivity (Wildman–Crippen MR) is 113 cm³/mol. The van der Waals surface area contributed by atoms with Crippen LogP contribution >= 0.6 is 0 Å². The highest BCUT2D eigenvalue weighted by Gasteiger charge is 2.33. The van der Waals surface area contributed by atoms with Gasteiger partial charge >= 0.3 is 0 Å². The van der Waals surface area contributed by atoms with Crippen LogP contribution in [0.25, 0.3) is 0 Å². The van der Waals surface area contributed by atoms with Crippen molar-refractivity contribution >= 4 is 23.2 Å². The van der Waals surface area contributed by atoms with Gasteiger partial charge in [-0.05, 0) is 30.7 Å². The van der Waals surface area contributed by atoms with Crippen molar-refractivity contribution in [2.75, 3.05) is 42.5 Å². The molecule has 1 saturated heterocycles. The van der Waals surface area contributed by atoms with Crippen LogP contribution in [0.4, 0.5) is 11.4 Å². The smallest absolute Gasteiger partial charge is 0.268 e.